The van der Waals surface area contributed by atoms with E-state index in [9.17, 15) is 9.59 Å². The van der Waals surface area contributed by atoms with Crippen LogP contribution in [0.15, 0.2) is 46.9 Å². The smallest absolute Gasteiger partial charge is 0.264 e. The number of carbonyl (C=O) groups is 2. The molecule has 0 spiro atoms. The van der Waals surface area contributed by atoms with Crippen LogP contribution in [0.2, 0.25) is 0 Å². The van der Waals surface area contributed by atoms with Gasteiger partial charge in [-0.3, -0.25) is 9.59 Å². The van der Waals surface area contributed by atoms with Crippen LogP contribution in [0.1, 0.15) is 23.0 Å². The third-order valence-corrected chi connectivity index (χ3v) is 7.46. The van der Waals surface area contributed by atoms with Crippen LogP contribution in [-0.2, 0) is 11.3 Å². The Labute approximate surface area is 199 Å². The summed E-state index contributed by atoms with van der Waals surface area (Å²) in [6.45, 7) is 5.17. The Morgan fingerprint density at radius 3 is 2.58 bits per heavy atom. The molecule has 4 aromatic rings. The highest BCUT2D eigenvalue weighted by Gasteiger charge is 2.25. The monoisotopic (exact) mass is 480 g/mol. The number of thioether (sulfide) groups is 1. The van der Waals surface area contributed by atoms with Crippen LogP contribution in [0.5, 0.6) is 0 Å². The molecular weight excluding hydrogens is 456 g/mol. The molecule has 0 radical (unpaired) electrons. The average Bonchev–Trinajstić information content (AvgIpc) is 3.50. The highest BCUT2D eigenvalue weighted by molar-refractivity contribution is 7.99. The minimum atomic E-state index is 0.0287. The van der Waals surface area contributed by atoms with Crippen molar-refractivity contribution in [1.82, 2.24) is 29.5 Å². The zero-order valence-corrected chi connectivity index (χ0v) is 19.9. The molecule has 4 heterocycles. The van der Waals surface area contributed by atoms with Gasteiger partial charge in [0.05, 0.1) is 16.1 Å². The molecule has 0 aliphatic carbocycles. The summed E-state index contributed by atoms with van der Waals surface area (Å²) < 4.78 is 2.18. The van der Waals surface area contributed by atoms with Gasteiger partial charge < -0.3 is 14.4 Å². The normalized spacial score (nSPS) is 14.3. The van der Waals surface area contributed by atoms with Gasteiger partial charge in [-0.25, -0.2) is 4.98 Å². The van der Waals surface area contributed by atoms with Crippen molar-refractivity contribution in [2.75, 3.05) is 31.9 Å². The summed E-state index contributed by atoms with van der Waals surface area (Å²) in [7, 11) is 0. The summed E-state index contributed by atoms with van der Waals surface area (Å²) in [5, 5.41) is 12.2. The third kappa shape index (κ3) is 4.32. The van der Waals surface area contributed by atoms with Crippen LogP contribution >= 0.6 is 23.1 Å². The largest absolute Gasteiger partial charge is 0.338 e. The average molecular weight is 481 g/mol. The van der Waals surface area contributed by atoms with E-state index in [0.29, 0.717) is 31.3 Å². The lowest BCUT2D eigenvalue weighted by Gasteiger charge is -2.34. The molecule has 5 rings (SSSR count). The van der Waals surface area contributed by atoms with Crippen LogP contribution < -0.4 is 0 Å². The summed E-state index contributed by atoms with van der Waals surface area (Å²) >= 11 is 2.76. The minimum absolute atomic E-state index is 0.0287. The standard InChI is InChI=1S/C23H24N6O2S2/c1-2-9-29-17-7-4-3-6-16(17)20-21(29)24-23(26-25-20)33-15-19(30)27-10-12-28(13-11-27)22(31)18-8-5-14-32-18/h3-8,14H,2,9-13,15H2,1H3. The molecule has 170 valence electrons. The van der Waals surface area contributed by atoms with Crippen LogP contribution in [0.3, 0.4) is 0 Å². The fourth-order valence-corrected chi connectivity index (χ4v) is 5.51. The van der Waals surface area contributed by atoms with E-state index >= 15 is 0 Å². The molecule has 2 amide bonds. The van der Waals surface area contributed by atoms with Gasteiger partial charge in [-0.15, -0.1) is 21.5 Å². The molecule has 0 N–H and O–H groups in total. The summed E-state index contributed by atoms with van der Waals surface area (Å²) in [5.74, 6) is 0.322. The van der Waals surface area contributed by atoms with Gasteiger partial charge in [-0.2, -0.15) is 0 Å². The minimum Gasteiger partial charge on any atom is -0.338 e. The maximum atomic E-state index is 12.8. The predicted octanol–water partition coefficient (Wildman–Crippen LogP) is 3.53. The molecule has 1 aliphatic rings. The lowest BCUT2D eigenvalue weighted by molar-refractivity contribution is -0.129. The van der Waals surface area contributed by atoms with Crippen LogP contribution in [0.25, 0.3) is 22.1 Å². The number of hydrogen-bond acceptors (Lipinski definition) is 7. The number of rotatable bonds is 6. The Hall–Kier alpha value is -2.98. The molecule has 0 atom stereocenters. The first-order valence-electron chi connectivity index (χ1n) is 11.0. The number of thiophene rings is 1. The highest BCUT2D eigenvalue weighted by Crippen LogP contribution is 2.27. The van der Waals surface area contributed by atoms with E-state index in [4.69, 9.17) is 4.98 Å². The molecule has 0 saturated carbocycles. The summed E-state index contributed by atoms with van der Waals surface area (Å²) in [4.78, 5) is 34.4. The molecule has 0 unspecified atom stereocenters. The molecule has 1 aromatic carbocycles. The topological polar surface area (TPSA) is 84.2 Å². The van der Waals surface area contributed by atoms with Gasteiger partial charge in [0.15, 0.2) is 5.65 Å². The van der Waals surface area contributed by atoms with Gasteiger partial charge in [0.25, 0.3) is 5.91 Å². The molecule has 1 fully saturated rings. The highest BCUT2D eigenvalue weighted by atomic mass is 32.2. The van der Waals surface area contributed by atoms with Crippen LogP contribution in [0, 0.1) is 0 Å². The maximum absolute atomic E-state index is 12.8. The van der Waals surface area contributed by atoms with Gasteiger partial charge in [-0.05, 0) is 23.9 Å². The number of benzene rings is 1. The second-order valence-corrected chi connectivity index (χ2v) is 9.76. The van der Waals surface area contributed by atoms with Crippen molar-refractivity contribution in [3.8, 4) is 0 Å². The van der Waals surface area contributed by atoms with E-state index in [1.807, 2.05) is 45.5 Å². The Morgan fingerprint density at radius 2 is 1.82 bits per heavy atom. The number of para-hydroxylation sites is 1. The second kappa shape index (κ2) is 9.48. The fourth-order valence-electron chi connectivity index (χ4n) is 4.13. The lowest BCUT2D eigenvalue weighted by atomic mass is 10.2. The number of nitrogens with zero attached hydrogens (tertiary/aromatic N) is 6. The fraction of sp³-hybridized carbons (Fsp3) is 0.348. The van der Waals surface area contributed by atoms with Gasteiger partial charge in [0.1, 0.15) is 5.52 Å². The zero-order chi connectivity index (χ0) is 22.8. The van der Waals surface area contributed by atoms with Crippen molar-refractivity contribution >= 4 is 57.0 Å². The first-order chi connectivity index (χ1) is 16.2. The van der Waals surface area contributed by atoms with Gasteiger partial charge in [0, 0.05) is 38.1 Å². The lowest BCUT2D eigenvalue weighted by Crippen LogP contribution is -2.51. The first-order valence-corrected chi connectivity index (χ1v) is 12.9. The zero-order valence-electron chi connectivity index (χ0n) is 18.3. The molecule has 10 heteroatoms. The molecule has 1 saturated heterocycles. The van der Waals surface area contributed by atoms with Crippen molar-refractivity contribution in [1.29, 1.82) is 0 Å². The van der Waals surface area contributed by atoms with Crippen molar-refractivity contribution in [3.05, 3.63) is 46.7 Å². The van der Waals surface area contributed by atoms with Gasteiger partial charge in [0.2, 0.25) is 11.1 Å². The third-order valence-electron chi connectivity index (χ3n) is 5.78. The van der Waals surface area contributed by atoms with Crippen molar-refractivity contribution in [2.45, 2.75) is 25.0 Å². The van der Waals surface area contributed by atoms with Crippen LogP contribution in [0.4, 0.5) is 0 Å². The predicted molar refractivity (Wildman–Crippen MR) is 131 cm³/mol. The molecule has 3 aromatic heterocycles. The molecule has 33 heavy (non-hydrogen) atoms. The SMILES string of the molecule is CCCn1c2ccccc2c2nnc(SCC(=O)N3CCN(C(=O)c4cccs4)CC3)nc21. The number of aromatic nitrogens is 4. The number of carbonyl (C=O) groups excluding carboxylic acids is 2. The van der Waals surface area contributed by atoms with Crippen molar-refractivity contribution < 1.29 is 9.59 Å². The summed E-state index contributed by atoms with van der Waals surface area (Å²) in [6.07, 6.45) is 0.986. The van der Waals surface area contributed by atoms with Crippen molar-refractivity contribution in [2.24, 2.45) is 0 Å². The van der Waals surface area contributed by atoms with E-state index in [1.54, 1.807) is 0 Å². The Balaban J connectivity index is 1.23. The summed E-state index contributed by atoms with van der Waals surface area (Å²) in [5.41, 5.74) is 2.70. The second-order valence-electron chi connectivity index (χ2n) is 7.87. The number of amides is 2. The van der Waals surface area contributed by atoms with Crippen molar-refractivity contribution in [3.63, 3.8) is 0 Å². The number of aryl methyl sites for hydroxylation is 1. The number of hydrogen-bond donors (Lipinski definition) is 0. The van der Waals surface area contributed by atoms with Gasteiger partial charge >= 0.3 is 0 Å². The van der Waals surface area contributed by atoms with E-state index in [2.05, 4.69) is 27.8 Å². The van der Waals surface area contributed by atoms with E-state index in [-0.39, 0.29) is 17.6 Å². The molecule has 0 bridgehead atoms. The molecule has 8 nitrogen and oxygen atoms in total. The number of piperazine rings is 1. The van der Waals surface area contributed by atoms with E-state index in [1.165, 1.54) is 23.1 Å². The molecular formula is C23H24N6O2S2. The maximum Gasteiger partial charge on any atom is 0.264 e. The quantitative estimate of drug-likeness (QED) is 0.393. The Morgan fingerprint density at radius 1 is 1.03 bits per heavy atom. The molecule has 1 aliphatic heterocycles. The summed E-state index contributed by atoms with van der Waals surface area (Å²) in [6, 6.07) is 11.8. The van der Waals surface area contributed by atoms with E-state index in [0.717, 1.165) is 39.9 Å². The van der Waals surface area contributed by atoms with E-state index < -0.39 is 0 Å². The first kappa shape index (κ1) is 21.8. The Kier molecular flexibility index (Phi) is 6.28. The van der Waals surface area contributed by atoms with Gasteiger partial charge in [-0.1, -0.05) is 43.0 Å². The van der Waals surface area contributed by atoms with Crippen LogP contribution in [-0.4, -0.2) is 73.3 Å². The number of fused-ring (bicyclic) bond motifs is 3. The Bertz CT molecular complexity index is 1300.